The number of nitrogen functional groups attached to an aromatic ring is 1. The summed E-state index contributed by atoms with van der Waals surface area (Å²) in [5, 5.41) is 0.973. The molecule has 0 spiro atoms. The average molecular weight is 288 g/mol. The molecule has 1 aromatic carbocycles. The van der Waals surface area contributed by atoms with Crippen molar-refractivity contribution in [3.05, 3.63) is 22.2 Å². The van der Waals surface area contributed by atoms with Crippen LogP contribution in [0, 0.1) is 0 Å². The molecular weight excluding hydrogens is 273 g/mol. The predicted molar refractivity (Wildman–Crippen MR) is 75.3 cm³/mol. The van der Waals surface area contributed by atoms with E-state index in [2.05, 4.69) is 4.98 Å². The largest absolute Gasteiger partial charge is 0.377 e. The van der Waals surface area contributed by atoms with Crippen molar-refractivity contribution in [3.63, 3.8) is 0 Å². The molecule has 0 aliphatic rings. The quantitative estimate of drug-likeness (QED) is 0.938. The van der Waals surface area contributed by atoms with Crippen LogP contribution in [0.2, 0.25) is 10.0 Å². The van der Waals surface area contributed by atoms with Gasteiger partial charge in [-0.15, -0.1) is 0 Å². The van der Waals surface area contributed by atoms with Crippen molar-refractivity contribution in [2.45, 2.75) is 26.5 Å². The van der Waals surface area contributed by atoms with Gasteiger partial charge in [0.05, 0.1) is 33.7 Å². The first kappa shape index (κ1) is 13.5. The Morgan fingerprint density at radius 2 is 2.06 bits per heavy atom. The predicted octanol–water partition coefficient (Wildman–Crippen LogP) is 3.35. The summed E-state index contributed by atoms with van der Waals surface area (Å²) in [5.74, 6) is 0.440. The molecule has 98 valence electrons. The second kappa shape index (κ2) is 5.34. The zero-order valence-corrected chi connectivity index (χ0v) is 11.8. The Morgan fingerprint density at radius 1 is 1.39 bits per heavy atom. The fraction of sp³-hybridized carbons (Fsp3) is 0.417. The van der Waals surface area contributed by atoms with Crippen LogP contribution in [-0.2, 0) is 11.3 Å². The number of hydrogen-bond donors (Lipinski definition) is 1. The molecule has 0 saturated heterocycles. The highest BCUT2D eigenvalue weighted by molar-refractivity contribution is 6.42. The highest BCUT2D eigenvalue weighted by Gasteiger charge is 2.13. The lowest BCUT2D eigenvalue weighted by Crippen LogP contribution is -2.17. The lowest BCUT2D eigenvalue weighted by molar-refractivity contribution is 0.0652. The molecule has 1 aromatic heterocycles. The van der Waals surface area contributed by atoms with Gasteiger partial charge in [0, 0.05) is 6.61 Å². The number of imidazole rings is 1. The summed E-state index contributed by atoms with van der Waals surface area (Å²) in [6.45, 7) is 5.25. The van der Waals surface area contributed by atoms with E-state index < -0.39 is 0 Å². The van der Waals surface area contributed by atoms with Crippen LogP contribution in [0.4, 0.5) is 5.95 Å². The number of hydrogen-bond acceptors (Lipinski definition) is 3. The fourth-order valence-corrected chi connectivity index (χ4v) is 2.24. The first-order chi connectivity index (χ1) is 8.52. The summed E-state index contributed by atoms with van der Waals surface area (Å²) in [7, 11) is 0. The van der Waals surface area contributed by atoms with Crippen LogP contribution in [0.5, 0.6) is 0 Å². The second-order valence-corrected chi connectivity index (χ2v) is 4.92. The molecule has 0 aliphatic heterocycles. The van der Waals surface area contributed by atoms with Crippen molar-refractivity contribution in [1.29, 1.82) is 0 Å². The van der Waals surface area contributed by atoms with E-state index in [1.54, 1.807) is 12.1 Å². The average Bonchev–Trinajstić information content (AvgIpc) is 2.57. The van der Waals surface area contributed by atoms with Crippen molar-refractivity contribution < 1.29 is 4.74 Å². The molecule has 2 aromatic rings. The molecule has 4 nitrogen and oxygen atoms in total. The summed E-state index contributed by atoms with van der Waals surface area (Å²) >= 11 is 12.0. The van der Waals surface area contributed by atoms with Crippen LogP contribution >= 0.6 is 23.2 Å². The topological polar surface area (TPSA) is 53.1 Å². The first-order valence-corrected chi connectivity index (χ1v) is 6.51. The molecule has 1 heterocycles. The maximum atomic E-state index is 6.02. The minimum absolute atomic E-state index is 0.0594. The second-order valence-electron chi connectivity index (χ2n) is 4.10. The molecule has 1 unspecified atom stereocenters. The van der Waals surface area contributed by atoms with Gasteiger partial charge in [-0.25, -0.2) is 4.98 Å². The van der Waals surface area contributed by atoms with Crippen molar-refractivity contribution in [3.8, 4) is 0 Å². The molecule has 0 fully saturated rings. The number of nitrogens with two attached hydrogens (primary N) is 1. The van der Waals surface area contributed by atoms with Crippen LogP contribution < -0.4 is 5.73 Å². The maximum absolute atomic E-state index is 6.02. The summed E-state index contributed by atoms with van der Waals surface area (Å²) in [6, 6.07) is 3.50. The lowest BCUT2D eigenvalue weighted by atomic mass is 10.3. The van der Waals surface area contributed by atoms with Gasteiger partial charge < -0.3 is 15.0 Å². The molecule has 0 saturated carbocycles. The highest BCUT2D eigenvalue weighted by Crippen LogP contribution is 2.29. The number of benzene rings is 1. The van der Waals surface area contributed by atoms with Gasteiger partial charge in [-0.1, -0.05) is 23.2 Å². The Labute approximate surface area is 116 Å². The summed E-state index contributed by atoms with van der Waals surface area (Å²) < 4.78 is 7.40. The smallest absolute Gasteiger partial charge is 0.201 e. The molecular formula is C12H15Cl2N3O. The molecule has 0 aliphatic carbocycles. The monoisotopic (exact) mass is 287 g/mol. The van der Waals surface area contributed by atoms with Gasteiger partial charge >= 0.3 is 0 Å². The molecule has 0 radical (unpaired) electrons. The summed E-state index contributed by atoms with van der Waals surface area (Å²) in [5.41, 5.74) is 7.52. The summed E-state index contributed by atoms with van der Waals surface area (Å²) in [6.07, 6.45) is 0.0594. The number of fused-ring (bicyclic) bond motifs is 1. The Bertz CT molecular complexity index is 568. The van der Waals surface area contributed by atoms with E-state index in [-0.39, 0.29) is 6.10 Å². The lowest BCUT2D eigenvalue weighted by Gasteiger charge is -2.14. The maximum Gasteiger partial charge on any atom is 0.201 e. The zero-order valence-electron chi connectivity index (χ0n) is 10.3. The third-order valence-corrected chi connectivity index (χ3v) is 3.43. The van der Waals surface area contributed by atoms with E-state index in [1.165, 1.54) is 0 Å². The first-order valence-electron chi connectivity index (χ1n) is 5.75. The van der Waals surface area contributed by atoms with Crippen LogP contribution in [0.3, 0.4) is 0 Å². The molecule has 1 atom stereocenters. The fourth-order valence-electron chi connectivity index (χ4n) is 1.92. The SMILES string of the molecule is CCOC(C)Cn1c(N)nc2cc(Cl)c(Cl)cc21. The zero-order chi connectivity index (χ0) is 13.3. The van der Waals surface area contributed by atoms with Gasteiger partial charge in [0.1, 0.15) is 0 Å². The van der Waals surface area contributed by atoms with Crippen LogP contribution in [0.15, 0.2) is 12.1 Å². The summed E-state index contributed by atoms with van der Waals surface area (Å²) in [4.78, 5) is 4.27. The van der Waals surface area contributed by atoms with Crippen molar-refractivity contribution in [2.75, 3.05) is 12.3 Å². The van der Waals surface area contributed by atoms with E-state index in [0.29, 0.717) is 29.1 Å². The minimum atomic E-state index is 0.0594. The van der Waals surface area contributed by atoms with E-state index in [1.807, 2.05) is 18.4 Å². The minimum Gasteiger partial charge on any atom is -0.377 e. The Hall–Kier alpha value is -0.970. The number of ether oxygens (including phenoxy) is 1. The van der Waals surface area contributed by atoms with Crippen molar-refractivity contribution in [1.82, 2.24) is 9.55 Å². The van der Waals surface area contributed by atoms with Crippen LogP contribution in [-0.4, -0.2) is 22.3 Å². The van der Waals surface area contributed by atoms with Gasteiger partial charge in [0.15, 0.2) is 0 Å². The number of nitrogens with zero attached hydrogens (tertiary/aromatic N) is 2. The van der Waals surface area contributed by atoms with Gasteiger partial charge in [0.25, 0.3) is 0 Å². The normalized spacial score (nSPS) is 13.1. The molecule has 6 heteroatoms. The Morgan fingerprint density at radius 3 is 2.72 bits per heavy atom. The number of rotatable bonds is 4. The molecule has 2 rings (SSSR count). The van der Waals surface area contributed by atoms with Gasteiger partial charge in [-0.2, -0.15) is 0 Å². The highest BCUT2D eigenvalue weighted by atomic mass is 35.5. The van der Waals surface area contributed by atoms with Gasteiger partial charge in [-0.05, 0) is 26.0 Å². The van der Waals surface area contributed by atoms with E-state index in [4.69, 9.17) is 33.7 Å². The van der Waals surface area contributed by atoms with E-state index in [0.717, 1.165) is 11.0 Å². The third kappa shape index (κ3) is 2.55. The van der Waals surface area contributed by atoms with E-state index in [9.17, 15) is 0 Å². The third-order valence-electron chi connectivity index (χ3n) is 2.71. The Balaban J connectivity index is 2.43. The Kier molecular flexibility index (Phi) is 4.00. The number of aromatic nitrogens is 2. The van der Waals surface area contributed by atoms with Crippen LogP contribution in [0.25, 0.3) is 11.0 Å². The molecule has 2 N–H and O–H groups in total. The molecule has 0 bridgehead atoms. The standard InChI is InChI=1S/C12H15Cl2N3O/c1-3-18-7(2)6-17-11-5-9(14)8(13)4-10(11)16-12(17)15/h4-5,7H,3,6H2,1-2H3,(H2,15,16). The van der Waals surface area contributed by atoms with Crippen molar-refractivity contribution in [2.24, 2.45) is 0 Å². The number of anilines is 1. The molecule has 18 heavy (non-hydrogen) atoms. The molecule has 0 amide bonds. The van der Waals surface area contributed by atoms with Gasteiger partial charge in [-0.3, -0.25) is 0 Å². The van der Waals surface area contributed by atoms with Gasteiger partial charge in [0.2, 0.25) is 5.95 Å². The number of halogens is 2. The van der Waals surface area contributed by atoms with E-state index >= 15 is 0 Å². The van der Waals surface area contributed by atoms with Crippen LogP contribution in [0.1, 0.15) is 13.8 Å². The van der Waals surface area contributed by atoms with Crippen molar-refractivity contribution >= 4 is 40.2 Å².